The first kappa shape index (κ1) is 21.3. The van der Waals surface area contributed by atoms with Gasteiger partial charge in [-0.05, 0) is 54.7 Å². The van der Waals surface area contributed by atoms with Crippen LogP contribution in [0.1, 0.15) is 12.8 Å². The number of fused-ring (bicyclic) bond motifs is 1. The zero-order chi connectivity index (χ0) is 22.9. The number of benzene rings is 1. The molecule has 2 aliphatic carbocycles. The zero-order valence-electron chi connectivity index (χ0n) is 16.9. The fourth-order valence-corrected chi connectivity index (χ4v) is 3.71. The normalized spacial score (nSPS) is 22.8. The van der Waals surface area contributed by atoms with Gasteiger partial charge in [-0.15, -0.1) is 0 Å². The maximum Gasteiger partial charge on any atom is 0.308 e. The Morgan fingerprint density at radius 3 is 2.78 bits per heavy atom. The summed E-state index contributed by atoms with van der Waals surface area (Å²) in [5.74, 6) is -3.36. The molecule has 8 nitrogen and oxygen atoms in total. The molecular weight excluding hydrogens is 417 g/mol. The van der Waals surface area contributed by atoms with E-state index in [1.54, 1.807) is 6.07 Å². The number of rotatable bonds is 7. The van der Waals surface area contributed by atoms with Crippen molar-refractivity contribution in [3.63, 3.8) is 0 Å². The van der Waals surface area contributed by atoms with Gasteiger partial charge in [0.2, 0.25) is 5.60 Å². The van der Waals surface area contributed by atoms with Gasteiger partial charge >= 0.3 is 5.97 Å². The molecule has 0 aromatic heterocycles. The van der Waals surface area contributed by atoms with Crippen molar-refractivity contribution in [1.82, 2.24) is 5.32 Å². The fraction of sp³-hybridized carbons (Fsp3) is 0.304. The average Bonchev–Trinajstić information content (AvgIpc) is 3.60. The maximum atomic E-state index is 14.0. The smallest absolute Gasteiger partial charge is 0.308 e. The summed E-state index contributed by atoms with van der Waals surface area (Å²) in [5, 5.41) is 32.1. The second-order valence-corrected chi connectivity index (χ2v) is 7.86. The van der Waals surface area contributed by atoms with E-state index in [0.717, 1.165) is 12.8 Å². The number of aliphatic hydroxyl groups excluding tert-OH is 1. The lowest BCUT2D eigenvalue weighted by atomic mass is 9.87. The van der Waals surface area contributed by atoms with Crippen LogP contribution < -0.4 is 10.1 Å². The number of halogens is 1. The Balaban J connectivity index is 1.51. The Bertz CT molecular complexity index is 1140. The molecule has 164 valence electrons. The molecule has 0 saturated heterocycles. The summed E-state index contributed by atoms with van der Waals surface area (Å²) in [7, 11) is 0. The fourth-order valence-electron chi connectivity index (χ4n) is 3.71. The minimum Gasteiger partial charge on any atom is -0.505 e. The number of carboxylic acid groups (broad SMARTS) is 1. The number of para-hydroxylation sites is 1. The molecule has 2 unspecified atom stereocenters. The second-order valence-electron chi connectivity index (χ2n) is 7.86. The highest BCUT2D eigenvalue weighted by Gasteiger charge is 2.38. The molecule has 3 aliphatic rings. The molecule has 1 heterocycles. The third kappa shape index (κ3) is 4.12. The van der Waals surface area contributed by atoms with Gasteiger partial charge in [0, 0.05) is 12.1 Å². The third-order valence-corrected chi connectivity index (χ3v) is 5.62. The van der Waals surface area contributed by atoms with Gasteiger partial charge in [0.15, 0.2) is 23.0 Å². The standard InChI is InChI=1S/C23H20FN3O5/c24-17-3-1-2-4-18(17)32-23(12-25)8-7-15-14(9-23)10-26-19(20(15)28)21(29)27-11-16(22(30)31)13-5-6-13/h1-4,7-9,13,16,28H,5-6,10-11H2,(H,27,29)(H,30,31). The van der Waals surface area contributed by atoms with E-state index in [-0.39, 0.29) is 36.2 Å². The number of aliphatic carboxylic acids is 1. The van der Waals surface area contributed by atoms with Crippen molar-refractivity contribution in [1.29, 1.82) is 5.26 Å². The van der Waals surface area contributed by atoms with Crippen molar-refractivity contribution in [3.8, 4) is 11.8 Å². The van der Waals surface area contributed by atoms with Crippen molar-refractivity contribution in [2.75, 3.05) is 13.1 Å². The molecule has 1 aliphatic heterocycles. The van der Waals surface area contributed by atoms with E-state index >= 15 is 0 Å². The number of allylic oxidation sites excluding steroid dienone is 1. The van der Waals surface area contributed by atoms with Gasteiger partial charge in [0.05, 0.1) is 12.5 Å². The lowest BCUT2D eigenvalue weighted by molar-refractivity contribution is -0.142. The largest absolute Gasteiger partial charge is 0.505 e. The first-order chi connectivity index (χ1) is 15.3. The number of amides is 1. The molecule has 32 heavy (non-hydrogen) atoms. The Kier molecular flexibility index (Phi) is 5.53. The van der Waals surface area contributed by atoms with E-state index < -0.39 is 29.2 Å². The highest BCUT2D eigenvalue weighted by Crippen LogP contribution is 2.37. The maximum absolute atomic E-state index is 14.0. The summed E-state index contributed by atoms with van der Waals surface area (Å²) in [4.78, 5) is 28.0. The van der Waals surface area contributed by atoms with Crippen LogP contribution in [0.15, 0.2) is 64.4 Å². The number of carbonyl (C=O) groups excluding carboxylic acids is 1. The Hall–Kier alpha value is -3.93. The van der Waals surface area contributed by atoms with Crippen LogP contribution >= 0.6 is 0 Å². The Labute approximate surface area is 183 Å². The zero-order valence-corrected chi connectivity index (χ0v) is 16.9. The molecule has 2 atom stereocenters. The summed E-state index contributed by atoms with van der Waals surface area (Å²) in [6, 6.07) is 7.69. The summed E-state index contributed by atoms with van der Waals surface area (Å²) < 4.78 is 19.6. The lowest BCUT2D eigenvalue weighted by Gasteiger charge is -2.28. The summed E-state index contributed by atoms with van der Waals surface area (Å²) in [6.45, 7) is -0.0610. The Morgan fingerprint density at radius 1 is 1.38 bits per heavy atom. The average molecular weight is 437 g/mol. The second kappa shape index (κ2) is 8.30. The molecule has 0 spiro atoms. The van der Waals surface area contributed by atoms with Crippen molar-refractivity contribution in [2.45, 2.75) is 18.4 Å². The number of carbonyl (C=O) groups is 2. The number of aliphatic imine (C=N–C) groups is 1. The van der Waals surface area contributed by atoms with Gasteiger partial charge in [-0.25, -0.2) is 4.39 Å². The van der Waals surface area contributed by atoms with Gasteiger partial charge in [0.25, 0.3) is 5.91 Å². The van der Waals surface area contributed by atoms with E-state index in [1.165, 1.54) is 36.4 Å². The highest BCUT2D eigenvalue weighted by atomic mass is 19.1. The molecule has 4 rings (SSSR count). The first-order valence-corrected chi connectivity index (χ1v) is 10.1. The van der Waals surface area contributed by atoms with Crippen molar-refractivity contribution in [2.24, 2.45) is 16.8 Å². The minimum absolute atomic E-state index is 0.0124. The van der Waals surface area contributed by atoms with E-state index in [1.807, 2.05) is 6.07 Å². The molecule has 1 saturated carbocycles. The first-order valence-electron chi connectivity index (χ1n) is 10.1. The number of ether oxygens (including phenoxy) is 1. The molecule has 1 aromatic carbocycles. The van der Waals surface area contributed by atoms with Gasteiger partial charge in [-0.3, -0.25) is 14.6 Å². The predicted octanol–water partition coefficient (Wildman–Crippen LogP) is 2.46. The summed E-state index contributed by atoms with van der Waals surface area (Å²) in [6.07, 6.45) is 5.86. The van der Waals surface area contributed by atoms with E-state index in [9.17, 15) is 29.5 Å². The molecule has 9 heteroatoms. The van der Waals surface area contributed by atoms with Crippen LogP contribution in [0.25, 0.3) is 0 Å². The van der Waals surface area contributed by atoms with Gasteiger partial charge < -0.3 is 20.3 Å². The van der Waals surface area contributed by atoms with E-state index in [0.29, 0.717) is 11.1 Å². The van der Waals surface area contributed by atoms with E-state index in [2.05, 4.69) is 10.3 Å². The number of dihydropyridines is 1. The van der Waals surface area contributed by atoms with Crippen LogP contribution in [0, 0.1) is 29.0 Å². The molecule has 1 fully saturated rings. The van der Waals surface area contributed by atoms with Crippen LogP contribution in [-0.2, 0) is 9.59 Å². The molecule has 1 amide bonds. The number of nitriles is 1. The minimum atomic E-state index is -1.60. The van der Waals surface area contributed by atoms with Crippen molar-refractivity contribution in [3.05, 3.63) is 65.2 Å². The quantitative estimate of drug-likeness (QED) is 0.600. The van der Waals surface area contributed by atoms with Crippen LogP contribution in [0.4, 0.5) is 4.39 Å². The number of nitrogens with one attached hydrogen (secondary N) is 1. The van der Waals surface area contributed by atoms with Crippen molar-refractivity contribution < 1.29 is 28.9 Å². The molecule has 3 N–H and O–H groups in total. The van der Waals surface area contributed by atoms with Crippen LogP contribution in [0.3, 0.4) is 0 Å². The van der Waals surface area contributed by atoms with E-state index in [4.69, 9.17) is 4.74 Å². The number of hydrogen-bond donors (Lipinski definition) is 3. The van der Waals surface area contributed by atoms with Crippen LogP contribution in [0.5, 0.6) is 5.75 Å². The van der Waals surface area contributed by atoms with Crippen LogP contribution in [0.2, 0.25) is 0 Å². The number of carboxylic acids is 1. The van der Waals surface area contributed by atoms with Gasteiger partial charge in [-0.1, -0.05) is 12.1 Å². The topological polar surface area (TPSA) is 132 Å². The number of nitrogens with zero attached hydrogens (tertiary/aromatic N) is 2. The predicted molar refractivity (Wildman–Crippen MR) is 111 cm³/mol. The summed E-state index contributed by atoms with van der Waals surface area (Å²) in [5.41, 5.74) is -1.07. The Morgan fingerprint density at radius 2 is 2.12 bits per heavy atom. The summed E-state index contributed by atoms with van der Waals surface area (Å²) >= 11 is 0. The van der Waals surface area contributed by atoms with Crippen molar-refractivity contribution >= 4 is 17.6 Å². The lowest BCUT2D eigenvalue weighted by Crippen LogP contribution is -2.40. The van der Waals surface area contributed by atoms with Gasteiger partial charge in [0.1, 0.15) is 6.07 Å². The number of aliphatic hydroxyl groups is 1. The molecule has 1 aromatic rings. The molecular formula is C23H20FN3O5. The molecule has 0 bridgehead atoms. The van der Waals surface area contributed by atoms with Crippen LogP contribution in [-0.4, -0.2) is 46.5 Å². The number of hydrogen-bond acceptors (Lipinski definition) is 6. The highest BCUT2D eigenvalue weighted by molar-refractivity contribution is 6.45. The SMILES string of the molecule is N#CC1(Oc2ccccc2F)C=CC2=C(O)C(C(=O)NCC(C(=O)O)C3CC3)=NCC2=C1. The molecule has 0 radical (unpaired) electrons. The van der Waals surface area contributed by atoms with Gasteiger partial charge in [-0.2, -0.15) is 5.26 Å². The third-order valence-electron chi connectivity index (χ3n) is 5.62. The monoisotopic (exact) mass is 437 g/mol.